The first kappa shape index (κ1) is 14.0. The van der Waals surface area contributed by atoms with Crippen LogP contribution in [0, 0.1) is 5.82 Å². The summed E-state index contributed by atoms with van der Waals surface area (Å²) in [7, 11) is 0. The Morgan fingerprint density at radius 2 is 1.75 bits per heavy atom. The maximum atomic E-state index is 14.1. The van der Waals surface area contributed by atoms with E-state index in [2.05, 4.69) is 0 Å². The van der Waals surface area contributed by atoms with Crippen molar-refractivity contribution in [1.29, 1.82) is 0 Å². The molecule has 0 spiro atoms. The molecule has 2 aromatic carbocycles. The average molecular weight is 276 g/mol. The number of nitrogens with two attached hydrogens (primary N) is 2. The van der Waals surface area contributed by atoms with Crippen molar-refractivity contribution in [2.45, 2.75) is 0 Å². The molecule has 3 nitrogen and oxygen atoms in total. The summed E-state index contributed by atoms with van der Waals surface area (Å²) in [6.07, 6.45) is 0. The molecule has 0 aromatic heterocycles. The Labute approximate surface area is 115 Å². The SMILES string of the molecule is NC/C(F)=C(/c1ccc(F)cc1)c1ccc(N)cc1O. The van der Waals surface area contributed by atoms with Gasteiger partial charge in [0.2, 0.25) is 0 Å². The summed E-state index contributed by atoms with van der Waals surface area (Å²) in [4.78, 5) is 0. The van der Waals surface area contributed by atoms with Crippen molar-refractivity contribution >= 4 is 11.3 Å². The highest BCUT2D eigenvalue weighted by atomic mass is 19.1. The second kappa shape index (κ2) is 5.71. The summed E-state index contributed by atoms with van der Waals surface area (Å²) in [5, 5.41) is 9.93. The van der Waals surface area contributed by atoms with E-state index in [9.17, 15) is 13.9 Å². The van der Waals surface area contributed by atoms with Gasteiger partial charge in [0.05, 0.1) is 0 Å². The van der Waals surface area contributed by atoms with Gasteiger partial charge in [-0.3, -0.25) is 0 Å². The summed E-state index contributed by atoms with van der Waals surface area (Å²) in [5.74, 6) is -1.19. The highest BCUT2D eigenvalue weighted by Gasteiger charge is 2.15. The molecule has 0 aliphatic heterocycles. The minimum atomic E-state index is -0.600. The molecule has 0 bridgehead atoms. The van der Waals surface area contributed by atoms with Gasteiger partial charge in [-0.15, -0.1) is 0 Å². The quantitative estimate of drug-likeness (QED) is 0.755. The van der Waals surface area contributed by atoms with E-state index in [0.29, 0.717) is 11.3 Å². The van der Waals surface area contributed by atoms with Gasteiger partial charge < -0.3 is 16.6 Å². The first-order valence-electron chi connectivity index (χ1n) is 5.96. The van der Waals surface area contributed by atoms with E-state index in [-0.39, 0.29) is 23.4 Å². The van der Waals surface area contributed by atoms with Crippen molar-refractivity contribution in [3.8, 4) is 5.75 Å². The lowest BCUT2D eigenvalue weighted by molar-refractivity contribution is 0.473. The molecule has 0 saturated carbocycles. The fraction of sp³-hybridized carbons (Fsp3) is 0.0667. The van der Waals surface area contributed by atoms with Crippen LogP contribution in [0.25, 0.3) is 5.57 Å². The van der Waals surface area contributed by atoms with Crippen molar-refractivity contribution in [2.24, 2.45) is 5.73 Å². The van der Waals surface area contributed by atoms with Crippen LogP contribution in [-0.4, -0.2) is 11.7 Å². The van der Waals surface area contributed by atoms with Gasteiger partial charge >= 0.3 is 0 Å². The van der Waals surface area contributed by atoms with Gasteiger partial charge in [-0.05, 0) is 29.8 Å². The molecule has 0 aliphatic rings. The average Bonchev–Trinajstić information content (AvgIpc) is 2.43. The Bertz CT molecular complexity index is 651. The Morgan fingerprint density at radius 1 is 1.10 bits per heavy atom. The van der Waals surface area contributed by atoms with Crippen LogP contribution in [0.15, 0.2) is 48.3 Å². The molecule has 2 rings (SSSR count). The van der Waals surface area contributed by atoms with E-state index >= 15 is 0 Å². The van der Waals surface area contributed by atoms with Crippen molar-refractivity contribution in [3.63, 3.8) is 0 Å². The molecule has 0 saturated heterocycles. The summed E-state index contributed by atoms with van der Waals surface area (Å²) in [5.41, 5.74) is 12.1. The number of aromatic hydroxyl groups is 1. The van der Waals surface area contributed by atoms with Crippen LogP contribution in [0.4, 0.5) is 14.5 Å². The monoisotopic (exact) mass is 276 g/mol. The highest BCUT2D eigenvalue weighted by molar-refractivity contribution is 5.84. The van der Waals surface area contributed by atoms with Crippen LogP contribution in [0.5, 0.6) is 5.75 Å². The number of phenolic OH excluding ortho intramolecular Hbond substituents is 1. The molecule has 104 valence electrons. The zero-order chi connectivity index (χ0) is 14.7. The Kier molecular flexibility index (Phi) is 4.00. The Hall–Kier alpha value is -2.40. The summed E-state index contributed by atoms with van der Waals surface area (Å²) in [6, 6.07) is 9.65. The highest BCUT2D eigenvalue weighted by Crippen LogP contribution is 2.34. The molecule has 0 heterocycles. The number of nitrogen functional groups attached to an aromatic ring is 1. The van der Waals surface area contributed by atoms with Gasteiger partial charge in [0, 0.05) is 29.4 Å². The van der Waals surface area contributed by atoms with E-state index in [0.717, 1.165) is 0 Å². The van der Waals surface area contributed by atoms with Gasteiger partial charge in [-0.1, -0.05) is 12.1 Å². The van der Waals surface area contributed by atoms with Crippen LogP contribution >= 0.6 is 0 Å². The van der Waals surface area contributed by atoms with Gasteiger partial charge in [-0.25, -0.2) is 8.78 Å². The van der Waals surface area contributed by atoms with Gasteiger partial charge in [0.25, 0.3) is 0 Å². The van der Waals surface area contributed by atoms with Crippen molar-refractivity contribution in [1.82, 2.24) is 0 Å². The summed E-state index contributed by atoms with van der Waals surface area (Å²) >= 11 is 0. The molecular formula is C15H14F2N2O. The fourth-order valence-electron chi connectivity index (χ4n) is 1.94. The largest absolute Gasteiger partial charge is 0.507 e. The number of phenols is 1. The van der Waals surface area contributed by atoms with E-state index in [1.54, 1.807) is 6.07 Å². The van der Waals surface area contributed by atoms with Crippen molar-refractivity contribution in [3.05, 3.63) is 65.2 Å². The molecule has 5 heteroatoms. The number of hydrogen-bond donors (Lipinski definition) is 3. The van der Waals surface area contributed by atoms with Crippen molar-refractivity contribution in [2.75, 3.05) is 12.3 Å². The second-order valence-electron chi connectivity index (χ2n) is 4.27. The van der Waals surface area contributed by atoms with Crippen LogP contribution in [0.2, 0.25) is 0 Å². The standard InChI is InChI=1S/C15H14F2N2O/c16-10-3-1-9(2-4-10)15(13(17)8-18)12-6-5-11(19)7-14(12)20/h1-7,20H,8,18-19H2/b15-13+. The lowest BCUT2D eigenvalue weighted by atomic mass is 9.96. The molecular weight excluding hydrogens is 262 g/mol. The number of anilines is 1. The third kappa shape index (κ3) is 2.78. The van der Waals surface area contributed by atoms with E-state index in [1.807, 2.05) is 0 Å². The fourth-order valence-corrected chi connectivity index (χ4v) is 1.94. The minimum Gasteiger partial charge on any atom is -0.507 e. The molecule has 0 unspecified atom stereocenters. The number of hydrogen-bond acceptors (Lipinski definition) is 3. The first-order chi connectivity index (χ1) is 9.52. The predicted octanol–water partition coefficient (Wildman–Crippen LogP) is 2.80. The van der Waals surface area contributed by atoms with E-state index < -0.39 is 11.6 Å². The molecule has 0 amide bonds. The first-order valence-corrected chi connectivity index (χ1v) is 5.96. The molecule has 0 atom stereocenters. The van der Waals surface area contributed by atoms with Crippen LogP contribution in [0.3, 0.4) is 0 Å². The smallest absolute Gasteiger partial charge is 0.125 e. The van der Waals surface area contributed by atoms with Gasteiger partial charge in [0.1, 0.15) is 17.4 Å². The Balaban J connectivity index is 2.63. The lowest BCUT2D eigenvalue weighted by Crippen LogP contribution is -2.03. The van der Waals surface area contributed by atoms with Crippen molar-refractivity contribution < 1.29 is 13.9 Å². The maximum Gasteiger partial charge on any atom is 0.125 e. The number of benzene rings is 2. The third-order valence-corrected chi connectivity index (χ3v) is 2.87. The number of rotatable bonds is 3. The topological polar surface area (TPSA) is 72.3 Å². The maximum absolute atomic E-state index is 14.1. The second-order valence-corrected chi connectivity index (χ2v) is 4.27. The van der Waals surface area contributed by atoms with Gasteiger partial charge in [0.15, 0.2) is 0 Å². The Morgan fingerprint density at radius 3 is 2.30 bits per heavy atom. The zero-order valence-electron chi connectivity index (χ0n) is 10.6. The summed E-state index contributed by atoms with van der Waals surface area (Å²) < 4.78 is 27.0. The minimum absolute atomic E-state index is 0.130. The van der Waals surface area contributed by atoms with E-state index in [4.69, 9.17) is 11.5 Å². The third-order valence-electron chi connectivity index (χ3n) is 2.87. The van der Waals surface area contributed by atoms with Crippen LogP contribution in [0.1, 0.15) is 11.1 Å². The normalized spacial score (nSPS) is 12.2. The van der Waals surface area contributed by atoms with Crippen LogP contribution < -0.4 is 11.5 Å². The van der Waals surface area contributed by atoms with Gasteiger partial charge in [-0.2, -0.15) is 0 Å². The molecule has 2 aromatic rings. The van der Waals surface area contributed by atoms with Crippen LogP contribution in [-0.2, 0) is 0 Å². The zero-order valence-corrected chi connectivity index (χ0v) is 10.6. The number of halogens is 2. The van der Waals surface area contributed by atoms with E-state index in [1.165, 1.54) is 36.4 Å². The molecule has 0 radical (unpaired) electrons. The predicted molar refractivity (Wildman–Crippen MR) is 75.1 cm³/mol. The lowest BCUT2D eigenvalue weighted by Gasteiger charge is -2.12. The molecule has 20 heavy (non-hydrogen) atoms. The summed E-state index contributed by atoms with van der Waals surface area (Å²) in [6.45, 7) is -0.323. The molecule has 0 aliphatic carbocycles. The molecule has 5 N–H and O–H groups in total. The molecule has 0 fully saturated rings.